The van der Waals surface area contributed by atoms with Gasteiger partial charge in [-0.2, -0.15) is 0 Å². The SMILES string of the molecule is C=C/C(=C\C=C(\C)CC)C(=C)C=N/C(=C\C(C)CC)CCF. The van der Waals surface area contributed by atoms with Crippen molar-refractivity contribution in [2.75, 3.05) is 6.67 Å². The van der Waals surface area contributed by atoms with Gasteiger partial charge in [0.1, 0.15) is 0 Å². The minimum absolute atomic E-state index is 0.343. The molecule has 1 nitrogen and oxygen atoms in total. The van der Waals surface area contributed by atoms with Crippen LogP contribution in [0, 0.1) is 5.92 Å². The first-order valence-corrected chi connectivity index (χ1v) is 7.98. The average molecular weight is 303 g/mol. The Hall–Kier alpha value is -1.70. The molecular formula is C20H30FN. The van der Waals surface area contributed by atoms with E-state index in [2.05, 4.69) is 51.9 Å². The van der Waals surface area contributed by atoms with Gasteiger partial charge in [0, 0.05) is 18.3 Å². The smallest absolute Gasteiger partial charge is 0.0949 e. The summed E-state index contributed by atoms with van der Waals surface area (Å²) in [7, 11) is 0. The Balaban J connectivity index is 5.11. The molecule has 0 saturated heterocycles. The molecule has 0 aliphatic heterocycles. The van der Waals surface area contributed by atoms with Gasteiger partial charge in [-0.3, -0.25) is 9.38 Å². The third kappa shape index (κ3) is 8.56. The molecule has 0 aliphatic rings. The highest BCUT2D eigenvalue weighted by Gasteiger charge is 2.00. The zero-order valence-corrected chi connectivity index (χ0v) is 14.5. The number of alkyl halides is 1. The minimum Gasteiger partial charge on any atom is -0.261 e. The van der Waals surface area contributed by atoms with Crippen LogP contribution in [0.5, 0.6) is 0 Å². The predicted molar refractivity (Wildman–Crippen MR) is 98.1 cm³/mol. The molecule has 0 spiro atoms. The zero-order valence-electron chi connectivity index (χ0n) is 14.5. The van der Waals surface area contributed by atoms with E-state index in [0.29, 0.717) is 12.3 Å². The van der Waals surface area contributed by atoms with Crippen molar-refractivity contribution in [1.82, 2.24) is 0 Å². The lowest BCUT2D eigenvalue weighted by molar-refractivity contribution is 0.491. The molecule has 0 radical (unpaired) electrons. The van der Waals surface area contributed by atoms with Gasteiger partial charge < -0.3 is 0 Å². The molecule has 2 heteroatoms. The monoisotopic (exact) mass is 303 g/mol. The van der Waals surface area contributed by atoms with E-state index in [-0.39, 0.29) is 0 Å². The molecule has 0 aromatic heterocycles. The standard InChI is InChI=1S/C20H30FN/c1-7-16(4)10-11-19(9-3)18(6)15-22-20(12-13-21)14-17(5)8-2/h9-11,14-15,17H,3,6-8,12-13H2,1-2,4-5H3/b16-10-,19-11+,20-14-,22-15?. The summed E-state index contributed by atoms with van der Waals surface area (Å²) in [4.78, 5) is 4.40. The van der Waals surface area contributed by atoms with Gasteiger partial charge in [-0.05, 0) is 30.4 Å². The number of hydrogen-bond acceptors (Lipinski definition) is 1. The summed E-state index contributed by atoms with van der Waals surface area (Å²) in [6.07, 6.45) is 11.9. The van der Waals surface area contributed by atoms with Crippen LogP contribution in [-0.4, -0.2) is 12.9 Å². The first kappa shape index (κ1) is 20.3. The van der Waals surface area contributed by atoms with Crippen LogP contribution in [0.1, 0.15) is 47.0 Å². The Morgan fingerprint density at radius 3 is 2.45 bits per heavy atom. The highest BCUT2D eigenvalue weighted by molar-refractivity contribution is 5.85. The molecule has 1 atom stereocenters. The van der Waals surface area contributed by atoms with Crippen molar-refractivity contribution in [1.29, 1.82) is 0 Å². The van der Waals surface area contributed by atoms with Crippen LogP contribution in [-0.2, 0) is 0 Å². The minimum atomic E-state index is -0.394. The van der Waals surface area contributed by atoms with E-state index in [4.69, 9.17) is 0 Å². The van der Waals surface area contributed by atoms with Gasteiger partial charge in [0.2, 0.25) is 0 Å². The Kier molecular flexibility index (Phi) is 11.0. The Morgan fingerprint density at radius 2 is 1.95 bits per heavy atom. The van der Waals surface area contributed by atoms with Crippen LogP contribution in [0.15, 0.2) is 64.9 Å². The van der Waals surface area contributed by atoms with Crippen LogP contribution >= 0.6 is 0 Å². The number of aliphatic imine (C=N–C) groups is 1. The van der Waals surface area contributed by atoms with Crippen molar-refractivity contribution in [2.24, 2.45) is 10.9 Å². The molecule has 0 aliphatic carbocycles. The fourth-order valence-corrected chi connectivity index (χ4v) is 1.63. The second kappa shape index (κ2) is 11.9. The van der Waals surface area contributed by atoms with E-state index in [1.165, 1.54) is 5.57 Å². The van der Waals surface area contributed by atoms with E-state index in [9.17, 15) is 4.39 Å². The third-order valence-electron chi connectivity index (χ3n) is 3.55. The molecule has 0 aromatic carbocycles. The highest BCUT2D eigenvalue weighted by atomic mass is 19.1. The zero-order chi connectivity index (χ0) is 17.0. The van der Waals surface area contributed by atoms with Crippen LogP contribution in [0.3, 0.4) is 0 Å². The summed E-state index contributed by atoms with van der Waals surface area (Å²) in [5, 5.41) is 0. The van der Waals surface area contributed by atoms with E-state index in [0.717, 1.165) is 29.7 Å². The summed E-state index contributed by atoms with van der Waals surface area (Å²) in [6, 6.07) is 0. The largest absolute Gasteiger partial charge is 0.261 e. The van der Waals surface area contributed by atoms with E-state index in [1.54, 1.807) is 12.3 Å². The van der Waals surface area contributed by atoms with E-state index < -0.39 is 6.67 Å². The number of rotatable bonds is 10. The van der Waals surface area contributed by atoms with Gasteiger partial charge in [0.25, 0.3) is 0 Å². The number of hydrogen-bond donors (Lipinski definition) is 0. The predicted octanol–water partition coefficient (Wildman–Crippen LogP) is 6.37. The van der Waals surface area contributed by atoms with Crippen molar-refractivity contribution >= 4 is 6.21 Å². The molecule has 0 aromatic rings. The average Bonchev–Trinajstić information content (AvgIpc) is 2.52. The highest BCUT2D eigenvalue weighted by Crippen LogP contribution is 2.14. The lowest BCUT2D eigenvalue weighted by Crippen LogP contribution is -1.93. The van der Waals surface area contributed by atoms with Crippen LogP contribution in [0.2, 0.25) is 0 Å². The summed E-state index contributed by atoms with van der Waals surface area (Å²) < 4.78 is 12.6. The summed E-state index contributed by atoms with van der Waals surface area (Å²) in [5.41, 5.74) is 3.78. The third-order valence-corrected chi connectivity index (χ3v) is 3.55. The van der Waals surface area contributed by atoms with Crippen molar-refractivity contribution in [3.05, 3.63) is 59.9 Å². The summed E-state index contributed by atoms with van der Waals surface area (Å²) >= 11 is 0. The first-order chi connectivity index (χ1) is 10.5. The number of allylic oxidation sites excluding steroid dienone is 8. The molecular weight excluding hydrogens is 273 g/mol. The molecule has 122 valence electrons. The number of nitrogens with zero attached hydrogens (tertiary/aromatic N) is 1. The van der Waals surface area contributed by atoms with E-state index >= 15 is 0 Å². The molecule has 1 unspecified atom stereocenters. The maximum atomic E-state index is 12.6. The van der Waals surface area contributed by atoms with Crippen LogP contribution in [0.4, 0.5) is 4.39 Å². The van der Waals surface area contributed by atoms with Gasteiger partial charge >= 0.3 is 0 Å². The van der Waals surface area contributed by atoms with Gasteiger partial charge in [-0.1, -0.05) is 70.2 Å². The molecule has 22 heavy (non-hydrogen) atoms. The Labute approximate surface area is 135 Å². The fourth-order valence-electron chi connectivity index (χ4n) is 1.63. The Bertz CT molecular complexity index is 478. The molecule has 0 saturated carbocycles. The van der Waals surface area contributed by atoms with E-state index in [1.807, 2.05) is 12.2 Å². The van der Waals surface area contributed by atoms with Crippen molar-refractivity contribution < 1.29 is 4.39 Å². The summed E-state index contributed by atoms with van der Waals surface area (Å²) in [5.74, 6) is 0.400. The molecule has 0 bridgehead atoms. The van der Waals surface area contributed by atoms with Crippen molar-refractivity contribution in [3.8, 4) is 0 Å². The van der Waals surface area contributed by atoms with Crippen molar-refractivity contribution in [2.45, 2.75) is 47.0 Å². The fraction of sp³-hybridized carbons (Fsp3) is 0.450. The maximum Gasteiger partial charge on any atom is 0.0949 e. The maximum absolute atomic E-state index is 12.6. The lowest BCUT2D eigenvalue weighted by Gasteiger charge is -2.05. The lowest BCUT2D eigenvalue weighted by atomic mass is 10.1. The molecule has 0 amide bonds. The summed E-state index contributed by atoms with van der Waals surface area (Å²) in [6.45, 7) is 15.9. The molecule has 0 rings (SSSR count). The topological polar surface area (TPSA) is 12.4 Å². The van der Waals surface area contributed by atoms with Gasteiger partial charge in [-0.25, -0.2) is 0 Å². The van der Waals surface area contributed by atoms with Gasteiger partial charge in [0.15, 0.2) is 0 Å². The van der Waals surface area contributed by atoms with Crippen molar-refractivity contribution in [3.63, 3.8) is 0 Å². The van der Waals surface area contributed by atoms with Crippen LogP contribution in [0.25, 0.3) is 0 Å². The van der Waals surface area contributed by atoms with Gasteiger partial charge in [0.05, 0.1) is 6.67 Å². The number of halogens is 1. The van der Waals surface area contributed by atoms with Crippen LogP contribution < -0.4 is 0 Å². The first-order valence-electron chi connectivity index (χ1n) is 7.98. The second-order valence-corrected chi connectivity index (χ2v) is 5.46. The molecule has 0 fully saturated rings. The molecule has 0 heterocycles. The quantitative estimate of drug-likeness (QED) is 0.328. The van der Waals surface area contributed by atoms with Gasteiger partial charge in [-0.15, -0.1) is 0 Å². The second-order valence-electron chi connectivity index (χ2n) is 5.46. The normalized spacial score (nSPS) is 15.2. The molecule has 0 N–H and O–H groups in total. The Morgan fingerprint density at radius 1 is 1.27 bits per heavy atom.